The minimum atomic E-state index is 0.145. The van der Waals surface area contributed by atoms with E-state index in [-0.39, 0.29) is 6.61 Å². The molecule has 0 aromatic heterocycles. The minimum Gasteiger partial charge on any atom is -0.392 e. The van der Waals surface area contributed by atoms with Crippen molar-refractivity contribution in [1.29, 1.82) is 0 Å². The van der Waals surface area contributed by atoms with Crippen LogP contribution in [-0.4, -0.2) is 19.4 Å². The highest BCUT2D eigenvalue weighted by Crippen LogP contribution is 1.94. The van der Waals surface area contributed by atoms with Crippen LogP contribution in [0.2, 0.25) is 6.82 Å². The van der Waals surface area contributed by atoms with E-state index in [1.165, 1.54) is 12.6 Å². The van der Waals surface area contributed by atoms with Crippen LogP contribution in [0.25, 0.3) is 0 Å². The van der Waals surface area contributed by atoms with Gasteiger partial charge in [0.05, 0.1) is 13.8 Å². The van der Waals surface area contributed by atoms with Crippen molar-refractivity contribution in [1.82, 2.24) is 0 Å². The average Bonchev–Trinajstić information content (AvgIpc) is 2.07. The number of benzene rings is 1. The summed E-state index contributed by atoms with van der Waals surface area (Å²) in [6.07, 6.45) is 0. The van der Waals surface area contributed by atoms with Crippen molar-refractivity contribution in [2.24, 2.45) is 0 Å². The molecule has 0 aliphatic carbocycles. The summed E-state index contributed by atoms with van der Waals surface area (Å²) in [4.78, 5) is 0. The first-order valence-corrected chi connectivity index (χ1v) is 4.05. The SMILES string of the molecule is CBBc1ccc(CO)cc1. The molecule has 1 nitrogen and oxygen atoms in total. The molecule has 0 aliphatic heterocycles. The molecule has 1 aromatic rings. The van der Waals surface area contributed by atoms with E-state index in [1.807, 2.05) is 12.1 Å². The van der Waals surface area contributed by atoms with Gasteiger partial charge in [-0.3, -0.25) is 0 Å². The Balaban J connectivity index is 2.66. The Hall–Kier alpha value is -0.690. The van der Waals surface area contributed by atoms with E-state index in [9.17, 15) is 0 Å². The number of hydrogen-bond acceptors (Lipinski definition) is 1. The second-order valence-electron chi connectivity index (χ2n) is 2.72. The fourth-order valence-electron chi connectivity index (χ4n) is 1.10. The van der Waals surface area contributed by atoms with Crippen molar-refractivity contribution in [3.8, 4) is 0 Å². The van der Waals surface area contributed by atoms with Gasteiger partial charge in [-0.15, -0.1) is 0 Å². The van der Waals surface area contributed by atoms with Gasteiger partial charge in [-0.2, -0.15) is 0 Å². The fourth-order valence-corrected chi connectivity index (χ4v) is 1.10. The summed E-state index contributed by atoms with van der Waals surface area (Å²) < 4.78 is 0. The molecule has 0 atom stereocenters. The maximum Gasteiger partial charge on any atom is 0.123 e. The first kappa shape index (κ1) is 8.41. The lowest BCUT2D eigenvalue weighted by atomic mass is 9.38. The van der Waals surface area contributed by atoms with Crippen molar-refractivity contribution in [2.45, 2.75) is 13.4 Å². The van der Waals surface area contributed by atoms with E-state index < -0.39 is 0 Å². The summed E-state index contributed by atoms with van der Waals surface area (Å²) in [5, 5.41) is 8.76. The Morgan fingerprint density at radius 3 is 2.36 bits per heavy atom. The largest absolute Gasteiger partial charge is 0.392 e. The van der Waals surface area contributed by atoms with Gasteiger partial charge >= 0.3 is 0 Å². The Morgan fingerprint density at radius 1 is 1.27 bits per heavy atom. The highest BCUT2D eigenvalue weighted by molar-refractivity contribution is 7.06. The van der Waals surface area contributed by atoms with Crippen LogP contribution in [0, 0.1) is 0 Å². The first-order valence-electron chi connectivity index (χ1n) is 4.05. The smallest absolute Gasteiger partial charge is 0.123 e. The minimum absolute atomic E-state index is 0.145. The molecule has 0 unspecified atom stereocenters. The zero-order chi connectivity index (χ0) is 8.10. The van der Waals surface area contributed by atoms with E-state index in [0.29, 0.717) is 0 Å². The van der Waals surface area contributed by atoms with Gasteiger partial charge in [-0.25, -0.2) is 0 Å². The maximum absolute atomic E-state index is 8.76. The molecular formula is C8H12B2O. The van der Waals surface area contributed by atoms with Crippen LogP contribution in [0.4, 0.5) is 0 Å². The standard InChI is InChI=1S/C8H12B2O/c1-9-10-8-4-2-7(6-11)3-5-8/h2-5,9-11H,6H2,1H3. The Kier molecular flexibility index (Phi) is 3.24. The van der Waals surface area contributed by atoms with Gasteiger partial charge < -0.3 is 5.11 Å². The molecule has 0 bridgehead atoms. The number of aliphatic hydroxyl groups excluding tert-OH is 1. The highest BCUT2D eigenvalue weighted by Gasteiger charge is 1.93. The number of hydrogen-bond donors (Lipinski definition) is 1. The van der Waals surface area contributed by atoms with E-state index >= 15 is 0 Å². The average molecular weight is 146 g/mol. The summed E-state index contributed by atoms with van der Waals surface area (Å²) in [5.41, 5.74) is 2.34. The third-order valence-corrected chi connectivity index (χ3v) is 1.74. The molecule has 3 heteroatoms. The van der Waals surface area contributed by atoms with Gasteiger partial charge in [0.25, 0.3) is 0 Å². The summed E-state index contributed by atoms with van der Waals surface area (Å²) in [6, 6.07) is 8.11. The third kappa shape index (κ3) is 2.43. The zero-order valence-electron chi connectivity index (χ0n) is 6.88. The van der Waals surface area contributed by atoms with Crippen LogP contribution < -0.4 is 5.46 Å². The summed E-state index contributed by atoms with van der Waals surface area (Å²) >= 11 is 0. The van der Waals surface area contributed by atoms with E-state index in [1.54, 1.807) is 0 Å². The molecular weight excluding hydrogens is 134 g/mol. The third-order valence-electron chi connectivity index (χ3n) is 1.74. The molecule has 1 aromatic carbocycles. The molecule has 1 N–H and O–H groups in total. The topological polar surface area (TPSA) is 20.2 Å². The molecule has 0 aliphatic rings. The van der Waals surface area contributed by atoms with Gasteiger partial charge in [0, 0.05) is 0 Å². The van der Waals surface area contributed by atoms with Gasteiger partial charge in [0.2, 0.25) is 0 Å². The maximum atomic E-state index is 8.76. The molecule has 0 saturated heterocycles. The van der Waals surface area contributed by atoms with E-state index in [2.05, 4.69) is 19.0 Å². The van der Waals surface area contributed by atoms with Gasteiger partial charge in [0.1, 0.15) is 7.17 Å². The Labute approximate surface area is 68.9 Å². The van der Waals surface area contributed by atoms with Crippen molar-refractivity contribution < 1.29 is 5.11 Å². The predicted molar refractivity (Wildman–Crippen MR) is 52.2 cm³/mol. The summed E-state index contributed by atoms with van der Waals surface area (Å²) in [6.45, 7) is 2.31. The van der Waals surface area contributed by atoms with Crippen LogP contribution in [0.1, 0.15) is 5.56 Å². The Morgan fingerprint density at radius 2 is 1.91 bits per heavy atom. The van der Waals surface area contributed by atoms with Crippen molar-refractivity contribution in [3.63, 3.8) is 0 Å². The lowest BCUT2D eigenvalue weighted by Gasteiger charge is -1.97. The zero-order valence-corrected chi connectivity index (χ0v) is 6.88. The molecule has 0 spiro atoms. The van der Waals surface area contributed by atoms with Crippen LogP contribution in [0.5, 0.6) is 0 Å². The van der Waals surface area contributed by atoms with E-state index in [0.717, 1.165) is 12.7 Å². The second kappa shape index (κ2) is 4.24. The number of rotatable bonds is 3. The van der Waals surface area contributed by atoms with Gasteiger partial charge in [-0.1, -0.05) is 36.6 Å². The quantitative estimate of drug-likeness (QED) is 0.577. The number of aliphatic hydroxyl groups is 1. The lowest BCUT2D eigenvalue weighted by molar-refractivity contribution is 0.282. The lowest BCUT2D eigenvalue weighted by Crippen LogP contribution is -2.18. The molecule has 0 radical (unpaired) electrons. The normalized spacial score (nSPS) is 9.27. The van der Waals surface area contributed by atoms with Gasteiger partial charge in [0.15, 0.2) is 0 Å². The molecule has 0 amide bonds. The molecule has 1 rings (SSSR count). The Bertz CT molecular complexity index is 208. The van der Waals surface area contributed by atoms with Crippen LogP contribution in [0.15, 0.2) is 24.3 Å². The van der Waals surface area contributed by atoms with Crippen LogP contribution >= 0.6 is 0 Å². The van der Waals surface area contributed by atoms with Gasteiger partial charge in [-0.05, 0) is 5.56 Å². The fraction of sp³-hybridized carbons (Fsp3) is 0.250. The predicted octanol–water partition coefficient (Wildman–Crippen LogP) is -0.360. The van der Waals surface area contributed by atoms with Crippen LogP contribution in [-0.2, 0) is 6.61 Å². The molecule has 0 saturated carbocycles. The molecule has 0 fully saturated rings. The second-order valence-corrected chi connectivity index (χ2v) is 2.72. The van der Waals surface area contributed by atoms with E-state index in [4.69, 9.17) is 5.11 Å². The van der Waals surface area contributed by atoms with Crippen molar-refractivity contribution in [2.75, 3.05) is 0 Å². The molecule has 0 heterocycles. The first-order chi connectivity index (χ1) is 5.36. The van der Waals surface area contributed by atoms with Crippen molar-refractivity contribution in [3.05, 3.63) is 29.8 Å². The van der Waals surface area contributed by atoms with Crippen molar-refractivity contribution >= 4 is 19.8 Å². The monoisotopic (exact) mass is 146 g/mol. The molecule has 56 valence electrons. The van der Waals surface area contributed by atoms with Crippen LogP contribution in [0.3, 0.4) is 0 Å². The highest BCUT2D eigenvalue weighted by atomic mass is 16.3. The summed E-state index contributed by atoms with van der Waals surface area (Å²) in [5.74, 6) is 0. The molecule has 11 heavy (non-hydrogen) atoms. The summed E-state index contributed by atoms with van der Waals surface area (Å²) in [7, 11) is 2.31.